The lowest BCUT2D eigenvalue weighted by atomic mass is 10.1. The van der Waals surface area contributed by atoms with Crippen molar-refractivity contribution in [2.24, 2.45) is 0 Å². The molecule has 0 radical (unpaired) electrons. The van der Waals surface area contributed by atoms with Gasteiger partial charge in [0.05, 0.1) is 22.8 Å². The highest BCUT2D eigenvalue weighted by atomic mass is 79.9. The van der Waals surface area contributed by atoms with Gasteiger partial charge in [0, 0.05) is 24.1 Å². The Balaban J connectivity index is 1.78. The highest BCUT2D eigenvalue weighted by Crippen LogP contribution is 2.28. The molecule has 0 saturated carbocycles. The summed E-state index contributed by atoms with van der Waals surface area (Å²) < 4.78 is 35.6. The average molecular weight is 436 g/mol. The molecule has 8 heteroatoms. The summed E-state index contributed by atoms with van der Waals surface area (Å²) >= 11 is 3.31. The maximum absolute atomic E-state index is 12.6. The first-order valence-corrected chi connectivity index (χ1v) is 10.1. The lowest BCUT2D eigenvalue weighted by molar-refractivity contribution is 0.411. The molecule has 1 aromatic heterocycles. The van der Waals surface area contributed by atoms with Crippen LogP contribution >= 0.6 is 15.9 Å². The minimum Gasteiger partial charge on any atom is -0.496 e. The van der Waals surface area contributed by atoms with Crippen molar-refractivity contribution in [3.05, 3.63) is 71.2 Å². The molecule has 0 bridgehead atoms. The van der Waals surface area contributed by atoms with Gasteiger partial charge < -0.3 is 9.30 Å². The van der Waals surface area contributed by atoms with E-state index in [9.17, 15) is 8.42 Å². The van der Waals surface area contributed by atoms with Crippen molar-refractivity contribution in [1.82, 2.24) is 14.3 Å². The van der Waals surface area contributed by atoms with Gasteiger partial charge in [-0.15, -0.1) is 0 Å². The van der Waals surface area contributed by atoms with Crippen LogP contribution in [0.1, 0.15) is 18.5 Å². The molecule has 2 aromatic carbocycles. The number of hydrogen-bond donors (Lipinski definition) is 1. The van der Waals surface area contributed by atoms with Gasteiger partial charge in [0.15, 0.2) is 0 Å². The molecule has 0 aliphatic carbocycles. The minimum absolute atomic E-state index is 0.173. The summed E-state index contributed by atoms with van der Waals surface area (Å²) in [6.45, 7) is 1.81. The van der Waals surface area contributed by atoms with E-state index in [2.05, 4.69) is 25.6 Å². The summed E-state index contributed by atoms with van der Waals surface area (Å²) in [7, 11) is -2.13. The van der Waals surface area contributed by atoms with Crippen LogP contribution in [0, 0.1) is 0 Å². The number of sulfonamides is 1. The molecule has 1 heterocycles. The van der Waals surface area contributed by atoms with Crippen LogP contribution in [-0.4, -0.2) is 25.1 Å². The van der Waals surface area contributed by atoms with E-state index in [1.54, 1.807) is 18.6 Å². The number of aromatic nitrogens is 2. The van der Waals surface area contributed by atoms with Gasteiger partial charge in [0.25, 0.3) is 0 Å². The summed E-state index contributed by atoms with van der Waals surface area (Å²) in [6.07, 6.45) is 5.27. The Morgan fingerprint density at radius 1 is 1.19 bits per heavy atom. The van der Waals surface area contributed by atoms with Crippen molar-refractivity contribution < 1.29 is 13.2 Å². The van der Waals surface area contributed by atoms with E-state index in [0.29, 0.717) is 10.2 Å². The third-order valence-electron chi connectivity index (χ3n) is 3.96. The molecule has 0 fully saturated rings. The molecule has 1 atom stereocenters. The van der Waals surface area contributed by atoms with Crippen molar-refractivity contribution in [1.29, 1.82) is 0 Å². The van der Waals surface area contributed by atoms with Gasteiger partial charge in [0.1, 0.15) is 5.75 Å². The van der Waals surface area contributed by atoms with Crippen molar-refractivity contribution in [2.75, 3.05) is 7.11 Å². The number of rotatable bonds is 6. The van der Waals surface area contributed by atoms with E-state index in [4.69, 9.17) is 4.74 Å². The van der Waals surface area contributed by atoms with Gasteiger partial charge >= 0.3 is 0 Å². The van der Waals surface area contributed by atoms with Crippen molar-refractivity contribution in [3.8, 4) is 11.4 Å². The van der Waals surface area contributed by atoms with Crippen molar-refractivity contribution in [3.63, 3.8) is 0 Å². The topological polar surface area (TPSA) is 73.2 Å². The fourth-order valence-electron chi connectivity index (χ4n) is 2.53. The molecular formula is C18H18BrN3O3S. The van der Waals surface area contributed by atoms with E-state index >= 15 is 0 Å². The standard InChI is InChI=1S/C18H18BrN3O3S/c1-13(14-3-5-15(6-4-14)22-10-9-20-12-22)21-26(23,24)16-7-8-18(25-2)17(19)11-16/h3-13,21H,1-2H3/t13-/m1/s1. The monoisotopic (exact) mass is 435 g/mol. The second-order valence-corrected chi connectivity index (χ2v) is 8.27. The van der Waals surface area contributed by atoms with E-state index in [-0.39, 0.29) is 10.9 Å². The predicted molar refractivity (Wildman–Crippen MR) is 103 cm³/mol. The Bertz CT molecular complexity index is 987. The zero-order chi connectivity index (χ0) is 18.7. The lowest BCUT2D eigenvalue weighted by Crippen LogP contribution is -2.26. The SMILES string of the molecule is COc1ccc(S(=O)(=O)N[C@H](C)c2ccc(-n3ccnc3)cc2)cc1Br. The molecule has 3 aromatic rings. The quantitative estimate of drug-likeness (QED) is 0.640. The molecule has 0 aliphatic heterocycles. The summed E-state index contributed by atoms with van der Waals surface area (Å²) in [5.41, 5.74) is 1.82. The van der Waals surface area contributed by atoms with Gasteiger partial charge in [-0.2, -0.15) is 0 Å². The third-order valence-corrected chi connectivity index (χ3v) is 6.12. The largest absolute Gasteiger partial charge is 0.496 e. The molecule has 0 amide bonds. The molecule has 3 rings (SSSR count). The molecule has 136 valence electrons. The summed E-state index contributed by atoms with van der Waals surface area (Å²) in [4.78, 5) is 4.19. The number of halogens is 1. The number of nitrogens with one attached hydrogen (secondary N) is 1. The Kier molecular flexibility index (Phi) is 5.45. The summed E-state index contributed by atoms with van der Waals surface area (Å²) in [6, 6.07) is 11.9. The molecule has 26 heavy (non-hydrogen) atoms. The number of ether oxygens (including phenoxy) is 1. The van der Waals surface area contributed by atoms with Crippen LogP contribution in [0.5, 0.6) is 5.75 Å². The normalized spacial score (nSPS) is 12.7. The smallest absolute Gasteiger partial charge is 0.241 e. The van der Waals surface area contributed by atoms with Crippen LogP contribution in [0.4, 0.5) is 0 Å². The summed E-state index contributed by atoms with van der Waals surface area (Å²) in [5, 5.41) is 0. The van der Waals surface area contributed by atoms with E-state index in [0.717, 1.165) is 11.3 Å². The average Bonchev–Trinajstić information content (AvgIpc) is 3.16. The van der Waals surface area contributed by atoms with Gasteiger partial charge in [-0.3, -0.25) is 0 Å². The maximum atomic E-state index is 12.6. The molecule has 0 spiro atoms. The van der Waals surface area contributed by atoms with E-state index in [1.807, 2.05) is 42.0 Å². The fourth-order valence-corrected chi connectivity index (χ4v) is 4.48. The second-order valence-electron chi connectivity index (χ2n) is 5.70. The van der Waals surface area contributed by atoms with E-state index < -0.39 is 10.0 Å². The first-order chi connectivity index (χ1) is 12.4. The lowest BCUT2D eigenvalue weighted by Gasteiger charge is -2.16. The van der Waals surface area contributed by atoms with Gasteiger partial charge in [-0.25, -0.2) is 18.1 Å². The van der Waals surface area contributed by atoms with Crippen LogP contribution in [0.2, 0.25) is 0 Å². The van der Waals surface area contributed by atoms with Gasteiger partial charge in [-0.1, -0.05) is 12.1 Å². The Morgan fingerprint density at radius 3 is 2.50 bits per heavy atom. The highest BCUT2D eigenvalue weighted by molar-refractivity contribution is 9.10. The fraction of sp³-hybridized carbons (Fsp3) is 0.167. The van der Waals surface area contributed by atoms with Crippen LogP contribution in [0.25, 0.3) is 5.69 Å². The molecule has 6 nitrogen and oxygen atoms in total. The van der Waals surface area contributed by atoms with Crippen LogP contribution < -0.4 is 9.46 Å². The Morgan fingerprint density at radius 2 is 1.92 bits per heavy atom. The number of methoxy groups -OCH3 is 1. The number of nitrogens with zero attached hydrogens (tertiary/aromatic N) is 2. The third kappa shape index (κ3) is 3.98. The second kappa shape index (κ2) is 7.61. The molecule has 0 unspecified atom stereocenters. The Hall–Kier alpha value is -2.16. The molecule has 0 aliphatic rings. The molecular weight excluding hydrogens is 418 g/mol. The maximum Gasteiger partial charge on any atom is 0.241 e. The first kappa shape index (κ1) is 18.6. The minimum atomic E-state index is -3.66. The number of benzene rings is 2. The number of hydrogen-bond acceptors (Lipinski definition) is 4. The molecule has 0 saturated heterocycles. The van der Waals surface area contributed by atoms with Gasteiger partial charge in [0.2, 0.25) is 10.0 Å². The van der Waals surface area contributed by atoms with E-state index in [1.165, 1.54) is 19.2 Å². The van der Waals surface area contributed by atoms with Crippen LogP contribution in [0.15, 0.2) is 70.6 Å². The van der Waals surface area contributed by atoms with Crippen molar-refractivity contribution in [2.45, 2.75) is 17.9 Å². The van der Waals surface area contributed by atoms with Crippen LogP contribution in [0.3, 0.4) is 0 Å². The molecule has 1 N–H and O–H groups in total. The Labute approximate surface area is 161 Å². The predicted octanol–water partition coefficient (Wildman–Crippen LogP) is 3.68. The van der Waals surface area contributed by atoms with Crippen LogP contribution in [-0.2, 0) is 10.0 Å². The highest BCUT2D eigenvalue weighted by Gasteiger charge is 2.19. The van der Waals surface area contributed by atoms with Crippen molar-refractivity contribution >= 4 is 26.0 Å². The summed E-state index contributed by atoms with van der Waals surface area (Å²) in [5.74, 6) is 0.576. The zero-order valence-electron chi connectivity index (χ0n) is 14.3. The number of imidazole rings is 1. The first-order valence-electron chi connectivity index (χ1n) is 7.85. The zero-order valence-corrected chi connectivity index (χ0v) is 16.7. The van der Waals surface area contributed by atoms with Gasteiger partial charge in [-0.05, 0) is 58.7 Å².